The van der Waals surface area contributed by atoms with Crippen LogP contribution in [-0.2, 0) is 10.0 Å². The second-order valence-corrected chi connectivity index (χ2v) is 8.28. The maximum Gasteiger partial charge on any atom is 0.236 e. The molecule has 1 aromatic heterocycles. The van der Waals surface area contributed by atoms with Crippen LogP contribution in [0.2, 0.25) is 0 Å². The summed E-state index contributed by atoms with van der Waals surface area (Å²) in [6, 6.07) is 9.53. The van der Waals surface area contributed by atoms with Gasteiger partial charge in [0.25, 0.3) is 0 Å². The molecule has 0 N–H and O–H groups in total. The summed E-state index contributed by atoms with van der Waals surface area (Å²) in [4.78, 5) is 0. The van der Waals surface area contributed by atoms with Crippen molar-refractivity contribution in [1.82, 2.24) is 19.3 Å². The molecule has 0 spiro atoms. The molecular formula is C17H20N4O2S. The zero-order valence-electron chi connectivity index (χ0n) is 13.3. The van der Waals surface area contributed by atoms with Crippen LogP contribution in [0.4, 0.5) is 0 Å². The fourth-order valence-corrected chi connectivity index (χ4v) is 4.25. The van der Waals surface area contributed by atoms with Crippen molar-refractivity contribution >= 4 is 16.1 Å². The second kappa shape index (κ2) is 6.14. The van der Waals surface area contributed by atoms with Gasteiger partial charge in [-0.15, -0.1) is 5.10 Å². The van der Waals surface area contributed by atoms with Crippen LogP contribution >= 0.6 is 0 Å². The Morgan fingerprint density at radius 2 is 1.92 bits per heavy atom. The van der Waals surface area contributed by atoms with Gasteiger partial charge in [-0.05, 0) is 30.9 Å². The zero-order valence-corrected chi connectivity index (χ0v) is 14.1. The summed E-state index contributed by atoms with van der Waals surface area (Å²) < 4.78 is 28.4. The maximum atomic E-state index is 12.5. The fourth-order valence-electron chi connectivity index (χ4n) is 3.01. The van der Waals surface area contributed by atoms with Gasteiger partial charge in [0.1, 0.15) is 0 Å². The third-order valence-electron chi connectivity index (χ3n) is 4.62. The van der Waals surface area contributed by atoms with E-state index < -0.39 is 10.0 Å². The van der Waals surface area contributed by atoms with E-state index in [4.69, 9.17) is 0 Å². The van der Waals surface area contributed by atoms with Crippen molar-refractivity contribution in [2.24, 2.45) is 0 Å². The van der Waals surface area contributed by atoms with Crippen LogP contribution in [0.1, 0.15) is 42.5 Å². The first kappa shape index (κ1) is 15.5. The Hall–Kier alpha value is -1.99. The van der Waals surface area contributed by atoms with Crippen LogP contribution in [0.15, 0.2) is 41.9 Å². The number of nitrogens with zero attached hydrogens (tertiary/aromatic N) is 4. The molecule has 2 aliphatic rings. The van der Waals surface area contributed by atoms with Gasteiger partial charge >= 0.3 is 0 Å². The van der Waals surface area contributed by atoms with E-state index in [0.29, 0.717) is 19.0 Å². The molecule has 1 aliphatic heterocycles. The standard InChI is InChI=1S/C17H20N4O2S/c22-24(23,11-9-14-4-2-1-3-5-14)20-10-8-16(12-20)21-13-17(18-19-21)15-6-7-15/h1-5,9,11,13,15-16H,6-8,10,12H2/b11-9+/t16-/m0/s1. The molecule has 0 amide bonds. The molecule has 0 bridgehead atoms. The van der Waals surface area contributed by atoms with Crippen LogP contribution in [0, 0.1) is 0 Å². The van der Waals surface area contributed by atoms with Crippen LogP contribution in [-0.4, -0.2) is 40.8 Å². The van der Waals surface area contributed by atoms with Crippen LogP contribution in [0.3, 0.4) is 0 Å². The molecule has 2 fully saturated rings. The molecular weight excluding hydrogens is 324 g/mol. The third kappa shape index (κ3) is 3.27. The highest BCUT2D eigenvalue weighted by Gasteiger charge is 2.33. The van der Waals surface area contributed by atoms with Crippen molar-refractivity contribution in [2.45, 2.75) is 31.2 Å². The first-order valence-electron chi connectivity index (χ1n) is 8.27. The van der Waals surface area contributed by atoms with Gasteiger partial charge in [-0.1, -0.05) is 35.5 Å². The second-order valence-electron chi connectivity index (χ2n) is 6.46. The number of aromatic nitrogens is 3. The molecule has 1 aromatic carbocycles. The maximum absolute atomic E-state index is 12.5. The summed E-state index contributed by atoms with van der Waals surface area (Å²) in [6.45, 7) is 0.972. The summed E-state index contributed by atoms with van der Waals surface area (Å²) in [6.07, 6.45) is 6.77. The predicted octanol–water partition coefficient (Wildman–Crippen LogP) is 2.40. The lowest BCUT2D eigenvalue weighted by Gasteiger charge is -2.13. The third-order valence-corrected chi connectivity index (χ3v) is 6.15. The molecule has 0 radical (unpaired) electrons. The Morgan fingerprint density at radius 3 is 2.67 bits per heavy atom. The molecule has 1 saturated heterocycles. The molecule has 4 rings (SSSR count). The van der Waals surface area contributed by atoms with Gasteiger partial charge in [0.05, 0.1) is 11.7 Å². The summed E-state index contributed by atoms with van der Waals surface area (Å²) in [7, 11) is -3.41. The molecule has 1 atom stereocenters. The first-order valence-corrected chi connectivity index (χ1v) is 9.77. The lowest BCUT2D eigenvalue weighted by Crippen LogP contribution is -2.27. The molecule has 24 heavy (non-hydrogen) atoms. The monoisotopic (exact) mass is 344 g/mol. The Morgan fingerprint density at radius 1 is 1.12 bits per heavy atom. The Kier molecular flexibility index (Phi) is 3.97. The summed E-state index contributed by atoms with van der Waals surface area (Å²) >= 11 is 0. The van der Waals surface area contributed by atoms with E-state index >= 15 is 0 Å². The highest BCUT2D eigenvalue weighted by atomic mass is 32.2. The van der Waals surface area contributed by atoms with Crippen molar-refractivity contribution in [3.8, 4) is 0 Å². The van der Waals surface area contributed by atoms with Crippen molar-refractivity contribution in [3.63, 3.8) is 0 Å². The van der Waals surface area contributed by atoms with Crippen molar-refractivity contribution in [1.29, 1.82) is 0 Å². The summed E-state index contributed by atoms with van der Waals surface area (Å²) in [5.41, 5.74) is 1.92. The largest absolute Gasteiger partial charge is 0.248 e. The highest BCUT2D eigenvalue weighted by molar-refractivity contribution is 7.92. The van der Waals surface area contributed by atoms with Gasteiger partial charge in [0.2, 0.25) is 10.0 Å². The fraction of sp³-hybridized carbons (Fsp3) is 0.412. The van der Waals surface area contributed by atoms with E-state index in [1.807, 2.05) is 41.2 Å². The van der Waals surface area contributed by atoms with E-state index in [-0.39, 0.29) is 6.04 Å². The quantitative estimate of drug-likeness (QED) is 0.835. The van der Waals surface area contributed by atoms with Crippen LogP contribution in [0.5, 0.6) is 0 Å². The minimum atomic E-state index is -3.41. The highest BCUT2D eigenvalue weighted by Crippen LogP contribution is 2.39. The predicted molar refractivity (Wildman–Crippen MR) is 91.6 cm³/mol. The number of sulfonamides is 1. The molecule has 126 valence electrons. The van der Waals surface area contributed by atoms with Crippen molar-refractivity contribution < 1.29 is 8.42 Å². The van der Waals surface area contributed by atoms with Gasteiger partial charge in [-0.3, -0.25) is 0 Å². The Labute approximate surface area is 141 Å². The average Bonchev–Trinajstić information content (AvgIpc) is 3.12. The minimum absolute atomic E-state index is 0.0740. The van der Waals surface area contributed by atoms with Crippen molar-refractivity contribution in [3.05, 3.63) is 53.2 Å². The normalized spacial score (nSPS) is 22.4. The molecule has 1 aliphatic carbocycles. The number of rotatable bonds is 5. The first-order chi connectivity index (χ1) is 11.6. The summed E-state index contributed by atoms with van der Waals surface area (Å²) in [5, 5.41) is 9.71. The average molecular weight is 344 g/mol. The lowest BCUT2D eigenvalue weighted by atomic mass is 10.2. The molecule has 2 aromatic rings. The van der Waals surface area contributed by atoms with Crippen LogP contribution in [0.25, 0.3) is 6.08 Å². The lowest BCUT2D eigenvalue weighted by molar-refractivity contribution is 0.432. The minimum Gasteiger partial charge on any atom is -0.248 e. The van der Waals surface area contributed by atoms with E-state index in [2.05, 4.69) is 10.3 Å². The molecule has 2 heterocycles. The van der Waals surface area contributed by atoms with E-state index in [1.54, 1.807) is 6.08 Å². The topological polar surface area (TPSA) is 68.1 Å². The van der Waals surface area contributed by atoms with Gasteiger partial charge in [-0.25, -0.2) is 13.1 Å². The van der Waals surface area contributed by atoms with E-state index in [1.165, 1.54) is 22.6 Å². The van der Waals surface area contributed by atoms with Gasteiger partial charge in [-0.2, -0.15) is 4.31 Å². The molecule has 1 saturated carbocycles. The molecule has 0 unspecified atom stereocenters. The van der Waals surface area contributed by atoms with Gasteiger partial charge in [0, 0.05) is 30.6 Å². The number of hydrogen-bond donors (Lipinski definition) is 0. The molecule has 6 nitrogen and oxygen atoms in total. The van der Waals surface area contributed by atoms with Crippen LogP contribution < -0.4 is 0 Å². The SMILES string of the molecule is O=S(=O)(/C=C/c1ccccc1)N1CC[C@H](n2cc(C3CC3)nn2)C1. The smallest absolute Gasteiger partial charge is 0.236 e. The summed E-state index contributed by atoms with van der Waals surface area (Å²) in [5.74, 6) is 0.564. The Balaban J connectivity index is 1.44. The number of hydrogen-bond acceptors (Lipinski definition) is 4. The van der Waals surface area contributed by atoms with Gasteiger partial charge in [0.15, 0.2) is 0 Å². The molecule has 7 heteroatoms. The Bertz CT molecular complexity index is 840. The van der Waals surface area contributed by atoms with E-state index in [0.717, 1.165) is 17.7 Å². The van der Waals surface area contributed by atoms with Gasteiger partial charge < -0.3 is 0 Å². The zero-order chi connectivity index (χ0) is 16.6. The van der Waals surface area contributed by atoms with Crippen molar-refractivity contribution in [2.75, 3.05) is 13.1 Å². The van der Waals surface area contributed by atoms with E-state index in [9.17, 15) is 8.42 Å². The number of benzene rings is 1.